The summed E-state index contributed by atoms with van der Waals surface area (Å²) in [7, 11) is 4.95. The molecule has 3 aromatic carbocycles. The molecule has 0 aliphatic heterocycles. The van der Waals surface area contributed by atoms with Crippen molar-refractivity contribution in [3.63, 3.8) is 0 Å². The van der Waals surface area contributed by atoms with Crippen molar-refractivity contribution in [1.82, 2.24) is 19.9 Å². The van der Waals surface area contributed by atoms with Crippen LogP contribution < -0.4 is 15.8 Å². The first-order chi connectivity index (χ1) is 17.9. The minimum atomic E-state index is -0.629. The number of fused-ring (bicyclic) bond motifs is 1. The van der Waals surface area contributed by atoms with Gasteiger partial charge in [-0.1, -0.05) is 54.6 Å². The van der Waals surface area contributed by atoms with Crippen molar-refractivity contribution in [2.45, 2.75) is 6.04 Å². The molecule has 2 heterocycles. The maximum atomic E-state index is 13.1. The molecule has 1 unspecified atom stereocenters. The molecule has 0 aliphatic rings. The highest BCUT2D eigenvalue weighted by Crippen LogP contribution is 2.33. The van der Waals surface area contributed by atoms with Crippen LogP contribution >= 0.6 is 0 Å². The number of amides is 1. The van der Waals surface area contributed by atoms with E-state index in [-0.39, 0.29) is 23.5 Å². The zero-order valence-corrected chi connectivity index (χ0v) is 20.5. The van der Waals surface area contributed by atoms with Gasteiger partial charge < -0.3 is 19.7 Å². The summed E-state index contributed by atoms with van der Waals surface area (Å²) >= 11 is 0. The Hall–Kier alpha value is -4.92. The smallest absolute Gasteiger partial charge is 0.297 e. The second-order valence-corrected chi connectivity index (χ2v) is 8.59. The van der Waals surface area contributed by atoms with E-state index in [1.54, 1.807) is 38.4 Å². The zero-order chi connectivity index (χ0) is 26.1. The molecule has 0 saturated carbocycles. The van der Waals surface area contributed by atoms with Gasteiger partial charge in [0.25, 0.3) is 17.4 Å². The van der Waals surface area contributed by atoms with Crippen molar-refractivity contribution < 1.29 is 14.3 Å². The third-order valence-corrected chi connectivity index (χ3v) is 6.27. The molecule has 0 bridgehead atoms. The summed E-state index contributed by atoms with van der Waals surface area (Å²) in [4.78, 5) is 36.1. The lowest BCUT2D eigenvalue weighted by molar-refractivity contribution is 0.0963. The first-order valence-electron chi connectivity index (χ1n) is 11.6. The number of carbonyl (C=O) groups is 1. The van der Waals surface area contributed by atoms with E-state index in [2.05, 4.69) is 15.3 Å². The number of nitrogens with one attached hydrogen (secondary N) is 1. The van der Waals surface area contributed by atoms with Crippen LogP contribution in [0.2, 0.25) is 0 Å². The van der Waals surface area contributed by atoms with E-state index in [0.717, 1.165) is 11.1 Å². The molecule has 1 atom stereocenters. The van der Waals surface area contributed by atoms with Crippen LogP contribution in [-0.4, -0.2) is 39.6 Å². The summed E-state index contributed by atoms with van der Waals surface area (Å²) in [6, 6.07) is 23.8. The number of nitrogens with zero attached hydrogens (tertiary/aromatic N) is 4. The van der Waals surface area contributed by atoms with Gasteiger partial charge in [0.1, 0.15) is 5.52 Å². The second-order valence-electron chi connectivity index (χ2n) is 8.59. The molecule has 5 aromatic rings. The van der Waals surface area contributed by atoms with Crippen LogP contribution in [-0.2, 0) is 7.05 Å². The van der Waals surface area contributed by atoms with E-state index >= 15 is 0 Å². The van der Waals surface area contributed by atoms with E-state index < -0.39 is 11.3 Å². The fraction of sp³-hybridized carbons (Fsp3) is 0.143. The molecule has 1 amide bonds. The van der Waals surface area contributed by atoms with Gasteiger partial charge in [-0.25, -0.2) is 9.97 Å². The number of hydrogen-bond acceptors (Lipinski definition) is 7. The van der Waals surface area contributed by atoms with Crippen molar-refractivity contribution in [2.75, 3.05) is 19.0 Å². The van der Waals surface area contributed by atoms with E-state index in [9.17, 15) is 14.7 Å². The number of aromatic nitrogens is 3. The molecule has 0 saturated heterocycles. The predicted octanol–water partition coefficient (Wildman–Crippen LogP) is 3.88. The number of carbonyl (C=O) groups excluding carboxylic acids is 1. The summed E-state index contributed by atoms with van der Waals surface area (Å²) < 4.78 is 7.09. The summed E-state index contributed by atoms with van der Waals surface area (Å²) in [5.74, 6) is -0.374. The summed E-state index contributed by atoms with van der Waals surface area (Å²) in [5.41, 5.74) is 2.81. The zero-order valence-electron chi connectivity index (χ0n) is 20.5. The molecule has 0 fully saturated rings. The quantitative estimate of drug-likeness (QED) is 0.368. The number of benzene rings is 3. The maximum absolute atomic E-state index is 13.1. The van der Waals surface area contributed by atoms with Gasteiger partial charge in [0.05, 0.1) is 6.04 Å². The Kier molecular flexibility index (Phi) is 6.19. The average Bonchev–Trinajstić information content (AvgIpc) is 3.36. The molecular formula is C28H25N5O4. The first-order valence-corrected chi connectivity index (χ1v) is 11.6. The van der Waals surface area contributed by atoms with E-state index in [0.29, 0.717) is 22.6 Å². The standard InChI is InChI=1S/C28H25N5O4/c1-29-25(35)19-15-13-18(14-16-19)23(17-9-5-4-6-10-17)32(2)28-31-22(24(34)27(36)33(28)3)26-30-20-11-7-8-12-21(20)37-26/h4-16,23,34H,1-3H3,(H,29,35). The fourth-order valence-electron chi connectivity index (χ4n) is 4.37. The number of anilines is 1. The topological polar surface area (TPSA) is 113 Å². The fourth-order valence-corrected chi connectivity index (χ4v) is 4.37. The van der Waals surface area contributed by atoms with Crippen LogP contribution in [0.3, 0.4) is 0 Å². The van der Waals surface area contributed by atoms with Gasteiger partial charge in [-0.15, -0.1) is 0 Å². The van der Waals surface area contributed by atoms with Gasteiger partial charge in [0, 0.05) is 26.7 Å². The van der Waals surface area contributed by atoms with Gasteiger partial charge in [-0.2, -0.15) is 0 Å². The highest BCUT2D eigenvalue weighted by Gasteiger charge is 2.27. The second kappa shape index (κ2) is 9.62. The third kappa shape index (κ3) is 4.31. The van der Waals surface area contributed by atoms with Gasteiger partial charge in [0.15, 0.2) is 11.3 Å². The molecule has 0 radical (unpaired) electrons. The van der Waals surface area contributed by atoms with Crippen LogP contribution in [0.25, 0.3) is 22.7 Å². The van der Waals surface area contributed by atoms with Crippen LogP contribution in [0, 0.1) is 0 Å². The van der Waals surface area contributed by atoms with Gasteiger partial charge in [-0.05, 0) is 35.4 Å². The molecule has 2 N–H and O–H groups in total. The Morgan fingerprint density at radius 1 is 0.973 bits per heavy atom. The van der Waals surface area contributed by atoms with Gasteiger partial charge in [-0.3, -0.25) is 14.2 Å². The van der Waals surface area contributed by atoms with E-state index in [4.69, 9.17) is 4.42 Å². The van der Waals surface area contributed by atoms with Crippen LogP contribution in [0.5, 0.6) is 5.75 Å². The maximum Gasteiger partial charge on any atom is 0.297 e. The predicted molar refractivity (Wildman–Crippen MR) is 141 cm³/mol. The SMILES string of the molecule is CNC(=O)c1ccc(C(c2ccccc2)N(C)c2nc(-c3nc4ccccc4o3)c(O)c(=O)n2C)cc1. The summed E-state index contributed by atoms with van der Waals surface area (Å²) in [6.07, 6.45) is 0. The lowest BCUT2D eigenvalue weighted by Crippen LogP contribution is -2.32. The lowest BCUT2D eigenvalue weighted by Gasteiger charge is -2.31. The first kappa shape index (κ1) is 23.8. The highest BCUT2D eigenvalue weighted by atomic mass is 16.4. The van der Waals surface area contributed by atoms with Crippen LogP contribution in [0.4, 0.5) is 5.95 Å². The molecule has 0 spiro atoms. The van der Waals surface area contributed by atoms with Crippen molar-refractivity contribution in [3.05, 3.63) is 106 Å². The number of aromatic hydroxyl groups is 1. The molecule has 9 heteroatoms. The molecule has 0 aliphatic carbocycles. The Bertz CT molecular complexity index is 1610. The third-order valence-electron chi connectivity index (χ3n) is 6.27. The van der Waals surface area contributed by atoms with Crippen LogP contribution in [0.1, 0.15) is 27.5 Å². The Balaban J connectivity index is 1.65. The Labute approximate surface area is 212 Å². The largest absolute Gasteiger partial charge is 0.501 e. The van der Waals surface area contributed by atoms with Gasteiger partial charge >= 0.3 is 0 Å². The molecule has 186 valence electrons. The van der Waals surface area contributed by atoms with E-state index in [1.165, 1.54) is 4.57 Å². The molecular weight excluding hydrogens is 470 g/mol. The number of rotatable bonds is 6. The highest BCUT2D eigenvalue weighted by molar-refractivity contribution is 5.94. The molecule has 5 rings (SSSR count). The normalized spacial score (nSPS) is 11.9. The molecule has 2 aromatic heterocycles. The summed E-state index contributed by atoms with van der Waals surface area (Å²) in [5, 5.41) is 13.3. The van der Waals surface area contributed by atoms with Crippen molar-refractivity contribution in [1.29, 1.82) is 0 Å². The number of para-hydroxylation sites is 2. The van der Waals surface area contributed by atoms with Crippen molar-refractivity contribution in [2.24, 2.45) is 7.05 Å². The average molecular weight is 496 g/mol. The van der Waals surface area contributed by atoms with Crippen LogP contribution in [0.15, 0.2) is 88.1 Å². The summed E-state index contributed by atoms with van der Waals surface area (Å²) in [6.45, 7) is 0. The molecule has 9 nitrogen and oxygen atoms in total. The number of hydrogen-bond donors (Lipinski definition) is 2. The Morgan fingerprint density at radius 3 is 2.30 bits per heavy atom. The van der Waals surface area contributed by atoms with Crippen molar-refractivity contribution >= 4 is 23.0 Å². The van der Waals surface area contributed by atoms with E-state index in [1.807, 2.05) is 66.5 Å². The van der Waals surface area contributed by atoms with Crippen molar-refractivity contribution in [3.8, 4) is 17.3 Å². The lowest BCUT2D eigenvalue weighted by atomic mass is 9.96. The Morgan fingerprint density at radius 2 is 1.62 bits per heavy atom. The monoisotopic (exact) mass is 495 g/mol. The van der Waals surface area contributed by atoms with Gasteiger partial charge in [0.2, 0.25) is 11.7 Å². The number of oxazole rings is 1. The minimum absolute atomic E-state index is 0.0390. The minimum Gasteiger partial charge on any atom is -0.501 e. The molecule has 37 heavy (non-hydrogen) atoms.